The van der Waals surface area contributed by atoms with Crippen molar-refractivity contribution in [2.45, 2.75) is 18.9 Å². The average Bonchev–Trinajstić information content (AvgIpc) is 3.07. The zero-order valence-electron chi connectivity index (χ0n) is 12.1. The molecule has 1 amide bonds. The molecule has 1 atom stereocenters. The van der Waals surface area contributed by atoms with Gasteiger partial charge in [-0.05, 0) is 37.1 Å². The number of halogens is 2. The van der Waals surface area contributed by atoms with Crippen LogP contribution in [-0.2, 0) is 9.53 Å². The molecule has 0 aliphatic carbocycles. The first-order chi connectivity index (χ1) is 11.1. The van der Waals surface area contributed by atoms with Crippen molar-refractivity contribution in [3.63, 3.8) is 0 Å². The molecule has 0 spiro atoms. The molecule has 1 aliphatic heterocycles. The number of carbonyl (C=O) groups is 1. The van der Waals surface area contributed by atoms with E-state index in [1.54, 1.807) is 12.1 Å². The van der Waals surface area contributed by atoms with E-state index in [0.29, 0.717) is 24.6 Å². The summed E-state index contributed by atoms with van der Waals surface area (Å²) >= 11 is 0. The molecule has 0 unspecified atom stereocenters. The number of hydrogen-bond acceptors (Lipinski definition) is 4. The van der Waals surface area contributed by atoms with Crippen LogP contribution in [0, 0.1) is 11.6 Å². The minimum absolute atomic E-state index is 0.154. The quantitative estimate of drug-likeness (QED) is 0.939. The summed E-state index contributed by atoms with van der Waals surface area (Å²) in [7, 11) is 0. The highest BCUT2D eigenvalue weighted by molar-refractivity contribution is 5.93. The second kappa shape index (κ2) is 6.70. The topological polar surface area (TPSA) is 60.5 Å². The van der Waals surface area contributed by atoms with Crippen LogP contribution in [0.2, 0.25) is 0 Å². The lowest BCUT2D eigenvalue weighted by atomic mass is 10.2. The standard InChI is InChI=1S/C16H14F2N2O3/c17-12-5-3-10(8-13(12)18)23-11-4-6-15(19-9-11)20-16(21)14-2-1-7-22-14/h3-6,8-9,14H,1-2,7H2,(H,19,20,21)/t14-/m0/s1. The molecule has 23 heavy (non-hydrogen) atoms. The Bertz CT molecular complexity index is 701. The predicted molar refractivity (Wildman–Crippen MR) is 78.3 cm³/mol. The highest BCUT2D eigenvalue weighted by atomic mass is 19.2. The van der Waals surface area contributed by atoms with Gasteiger partial charge in [0.1, 0.15) is 23.4 Å². The summed E-state index contributed by atoms with van der Waals surface area (Å²) in [5.74, 6) is -1.31. The van der Waals surface area contributed by atoms with Gasteiger partial charge in [0.25, 0.3) is 5.91 Å². The molecule has 5 nitrogen and oxygen atoms in total. The van der Waals surface area contributed by atoms with Crippen molar-refractivity contribution in [3.8, 4) is 11.5 Å². The maximum atomic E-state index is 13.1. The van der Waals surface area contributed by atoms with Crippen molar-refractivity contribution >= 4 is 11.7 Å². The van der Waals surface area contributed by atoms with Gasteiger partial charge in [-0.1, -0.05) is 0 Å². The number of carbonyl (C=O) groups excluding carboxylic acids is 1. The second-order valence-electron chi connectivity index (χ2n) is 5.05. The van der Waals surface area contributed by atoms with Crippen LogP contribution in [0.4, 0.5) is 14.6 Å². The van der Waals surface area contributed by atoms with E-state index in [2.05, 4.69) is 10.3 Å². The van der Waals surface area contributed by atoms with Gasteiger partial charge < -0.3 is 14.8 Å². The van der Waals surface area contributed by atoms with Crippen LogP contribution < -0.4 is 10.1 Å². The number of aromatic nitrogens is 1. The van der Waals surface area contributed by atoms with Gasteiger partial charge in [-0.15, -0.1) is 0 Å². The van der Waals surface area contributed by atoms with Crippen molar-refractivity contribution in [1.29, 1.82) is 0 Å². The van der Waals surface area contributed by atoms with E-state index in [-0.39, 0.29) is 11.7 Å². The number of nitrogens with zero attached hydrogens (tertiary/aromatic N) is 1. The van der Waals surface area contributed by atoms with Crippen LogP contribution in [0.15, 0.2) is 36.5 Å². The Balaban J connectivity index is 1.62. The monoisotopic (exact) mass is 320 g/mol. The highest BCUT2D eigenvalue weighted by Gasteiger charge is 2.23. The lowest BCUT2D eigenvalue weighted by Gasteiger charge is -2.10. The molecule has 1 aliphatic rings. The van der Waals surface area contributed by atoms with Gasteiger partial charge in [-0.25, -0.2) is 13.8 Å². The first-order valence-corrected chi connectivity index (χ1v) is 7.13. The van der Waals surface area contributed by atoms with E-state index in [9.17, 15) is 13.6 Å². The van der Waals surface area contributed by atoms with Crippen molar-refractivity contribution in [1.82, 2.24) is 4.98 Å². The van der Waals surface area contributed by atoms with Gasteiger partial charge in [0.05, 0.1) is 6.20 Å². The predicted octanol–water partition coefficient (Wildman–Crippen LogP) is 3.27. The first kappa shape index (κ1) is 15.4. The zero-order valence-corrected chi connectivity index (χ0v) is 12.1. The van der Waals surface area contributed by atoms with E-state index in [0.717, 1.165) is 18.6 Å². The molecule has 1 aromatic heterocycles. The fourth-order valence-corrected chi connectivity index (χ4v) is 2.18. The maximum Gasteiger partial charge on any atom is 0.254 e. The molecule has 120 valence electrons. The molecule has 1 saturated heterocycles. The fraction of sp³-hybridized carbons (Fsp3) is 0.250. The fourth-order valence-electron chi connectivity index (χ4n) is 2.18. The Morgan fingerprint density at radius 1 is 1.22 bits per heavy atom. The Morgan fingerprint density at radius 3 is 2.70 bits per heavy atom. The summed E-state index contributed by atoms with van der Waals surface area (Å²) in [6.45, 7) is 0.590. The number of benzene rings is 1. The number of anilines is 1. The molecule has 3 rings (SSSR count). The average molecular weight is 320 g/mol. The molecular formula is C16H14F2N2O3. The smallest absolute Gasteiger partial charge is 0.254 e. The Hall–Kier alpha value is -2.54. The summed E-state index contributed by atoms with van der Waals surface area (Å²) < 4.78 is 36.6. The van der Waals surface area contributed by atoms with E-state index < -0.39 is 17.7 Å². The van der Waals surface area contributed by atoms with E-state index >= 15 is 0 Å². The third-order valence-electron chi connectivity index (χ3n) is 3.34. The van der Waals surface area contributed by atoms with E-state index in [4.69, 9.17) is 9.47 Å². The molecule has 0 radical (unpaired) electrons. The second-order valence-corrected chi connectivity index (χ2v) is 5.05. The SMILES string of the molecule is O=C(Nc1ccc(Oc2ccc(F)c(F)c2)cn1)[C@@H]1CCCO1. The molecule has 0 bridgehead atoms. The number of ether oxygens (including phenoxy) is 2. The molecular weight excluding hydrogens is 306 g/mol. The van der Waals surface area contributed by atoms with Crippen molar-refractivity contribution in [2.75, 3.05) is 11.9 Å². The van der Waals surface area contributed by atoms with E-state index in [1.807, 2.05) is 0 Å². The van der Waals surface area contributed by atoms with Crippen LogP contribution in [0.25, 0.3) is 0 Å². The summed E-state index contributed by atoms with van der Waals surface area (Å²) in [6.07, 6.45) is 2.51. The number of rotatable bonds is 4. The maximum absolute atomic E-state index is 13.1. The molecule has 2 aromatic rings. The summed E-state index contributed by atoms with van der Waals surface area (Å²) in [4.78, 5) is 15.9. The highest BCUT2D eigenvalue weighted by Crippen LogP contribution is 2.23. The minimum atomic E-state index is -0.990. The molecule has 0 saturated carbocycles. The van der Waals surface area contributed by atoms with Crippen molar-refractivity contribution in [2.24, 2.45) is 0 Å². The Morgan fingerprint density at radius 2 is 2.04 bits per heavy atom. The normalized spacial score (nSPS) is 17.0. The first-order valence-electron chi connectivity index (χ1n) is 7.13. The molecule has 7 heteroatoms. The zero-order chi connectivity index (χ0) is 16.2. The Labute approximate surface area is 131 Å². The van der Waals surface area contributed by atoms with Crippen LogP contribution in [0.5, 0.6) is 11.5 Å². The number of hydrogen-bond donors (Lipinski definition) is 1. The summed E-state index contributed by atoms with van der Waals surface area (Å²) in [5.41, 5.74) is 0. The Kier molecular flexibility index (Phi) is 4.47. The van der Waals surface area contributed by atoms with Gasteiger partial charge in [0.2, 0.25) is 0 Å². The third kappa shape index (κ3) is 3.81. The number of amides is 1. The third-order valence-corrected chi connectivity index (χ3v) is 3.34. The van der Waals surface area contributed by atoms with Gasteiger partial charge in [0, 0.05) is 12.7 Å². The van der Waals surface area contributed by atoms with Crippen LogP contribution >= 0.6 is 0 Å². The lowest BCUT2D eigenvalue weighted by Crippen LogP contribution is -2.27. The van der Waals surface area contributed by atoms with Crippen LogP contribution in [-0.4, -0.2) is 23.6 Å². The van der Waals surface area contributed by atoms with Crippen LogP contribution in [0.3, 0.4) is 0 Å². The van der Waals surface area contributed by atoms with E-state index in [1.165, 1.54) is 12.3 Å². The van der Waals surface area contributed by atoms with Crippen molar-refractivity contribution < 1.29 is 23.0 Å². The summed E-state index contributed by atoms with van der Waals surface area (Å²) in [6, 6.07) is 6.36. The minimum Gasteiger partial charge on any atom is -0.456 e. The number of nitrogens with one attached hydrogen (secondary N) is 1. The molecule has 1 aromatic carbocycles. The molecule has 2 heterocycles. The summed E-state index contributed by atoms with van der Waals surface area (Å²) in [5, 5.41) is 2.65. The van der Waals surface area contributed by atoms with Crippen LogP contribution in [0.1, 0.15) is 12.8 Å². The molecule has 1 N–H and O–H groups in total. The van der Waals surface area contributed by atoms with Gasteiger partial charge in [0.15, 0.2) is 11.6 Å². The van der Waals surface area contributed by atoms with Crippen molar-refractivity contribution in [3.05, 3.63) is 48.2 Å². The largest absolute Gasteiger partial charge is 0.456 e. The number of pyridine rings is 1. The van der Waals surface area contributed by atoms with Gasteiger partial charge in [-0.2, -0.15) is 0 Å². The van der Waals surface area contributed by atoms with Gasteiger partial charge in [-0.3, -0.25) is 4.79 Å². The lowest BCUT2D eigenvalue weighted by molar-refractivity contribution is -0.124. The molecule has 1 fully saturated rings. The van der Waals surface area contributed by atoms with Gasteiger partial charge >= 0.3 is 0 Å².